The quantitative estimate of drug-likeness (QED) is 0.810. The first-order valence-corrected chi connectivity index (χ1v) is 7.24. The predicted molar refractivity (Wildman–Crippen MR) is 71.0 cm³/mol. The molecule has 2 unspecified atom stereocenters. The Balaban J connectivity index is 2.13. The summed E-state index contributed by atoms with van der Waals surface area (Å²) < 4.78 is 0. The van der Waals surface area contributed by atoms with Gasteiger partial charge in [-0.15, -0.1) is 11.3 Å². The molecule has 1 aromatic rings. The van der Waals surface area contributed by atoms with E-state index in [9.17, 15) is 5.26 Å². The summed E-state index contributed by atoms with van der Waals surface area (Å²) in [7, 11) is 0. The van der Waals surface area contributed by atoms with E-state index in [4.69, 9.17) is 0 Å². The fraction of sp³-hybridized carbons (Fsp3) is 0.714. The second kappa shape index (κ2) is 4.78. The standard InChI is InChI=1S/C14H20N2S/c1-4-12-5-6-14(7-12,9-15)8-13-16-10(2)11(3)17-13/h12H,4-8H2,1-3H3. The van der Waals surface area contributed by atoms with Crippen molar-refractivity contribution in [3.8, 4) is 6.07 Å². The van der Waals surface area contributed by atoms with Gasteiger partial charge < -0.3 is 0 Å². The second-order valence-electron chi connectivity index (χ2n) is 5.34. The predicted octanol–water partition coefficient (Wildman–Crippen LogP) is 4.02. The van der Waals surface area contributed by atoms with Gasteiger partial charge in [-0.25, -0.2) is 4.98 Å². The molecule has 2 atom stereocenters. The summed E-state index contributed by atoms with van der Waals surface area (Å²) in [5.41, 5.74) is 1.00. The Morgan fingerprint density at radius 3 is 2.76 bits per heavy atom. The van der Waals surface area contributed by atoms with E-state index in [2.05, 4.69) is 31.8 Å². The number of thiazole rings is 1. The van der Waals surface area contributed by atoms with Crippen molar-refractivity contribution < 1.29 is 0 Å². The topological polar surface area (TPSA) is 36.7 Å². The molecule has 1 aliphatic rings. The van der Waals surface area contributed by atoms with Gasteiger partial charge in [0.25, 0.3) is 0 Å². The highest BCUT2D eigenvalue weighted by molar-refractivity contribution is 7.11. The van der Waals surface area contributed by atoms with Gasteiger partial charge in [0, 0.05) is 11.3 Å². The van der Waals surface area contributed by atoms with Gasteiger partial charge >= 0.3 is 0 Å². The Morgan fingerprint density at radius 1 is 1.53 bits per heavy atom. The smallest absolute Gasteiger partial charge is 0.0946 e. The van der Waals surface area contributed by atoms with E-state index in [0.717, 1.165) is 35.9 Å². The molecule has 1 saturated carbocycles. The molecule has 2 rings (SSSR count). The maximum Gasteiger partial charge on any atom is 0.0946 e. The Hall–Kier alpha value is -0.880. The molecule has 0 N–H and O–H groups in total. The van der Waals surface area contributed by atoms with Crippen LogP contribution < -0.4 is 0 Å². The minimum atomic E-state index is -0.128. The zero-order chi connectivity index (χ0) is 12.5. The van der Waals surface area contributed by atoms with Gasteiger partial charge in [-0.1, -0.05) is 13.3 Å². The van der Waals surface area contributed by atoms with E-state index in [0.29, 0.717) is 0 Å². The molecule has 2 nitrogen and oxygen atoms in total. The molecule has 0 spiro atoms. The molecule has 1 heterocycles. The SMILES string of the molecule is CCC1CCC(C#N)(Cc2nc(C)c(C)s2)C1. The highest BCUT2D eigenvalue weighted by Crippen LogP contribution is 2.45. The molecule has 3 heteroatoms. The fourth-order valence-electron chi connectivity index (χ4n) is 2.79. The Labute approximate surface area is 108 Å². The van der Waals surface area contributed by atoms with Crippen molar-refractivity contribution in [2.75, 3.05) is 0 Å². The molecule has 1 aromatic heterocycles. The van der Waals surface area contributed by atoms with Gasteiger partial charge in [-0.3, -0.25) is 0 Å². The summed E-state index contributed by atoms with van der Waals surface area (Å²) in [5.74, 6) is 0.747. The monoisotopic (exact) mass is 248 g/mol. The first-order chi connectivity index (χ1) is 8.08. The van der Waals surface area contributed by atoms with Gasteiger partial charge in [0.05, 0.1) is 22.2 Å². The number of aromatic nitrogens is 1. The lowest BCUT2D eigenvalue weighted by Gasteiger charge is -2.19. The Bertz CT molecular complexity index is 424. The van der Waals surface area contributed by atoms with Crippen LogP contribution >= 0.6 is 11.3 Å². The molecule has 0 bridgehead atoms. The first-order valence-electron chi connectivity index (χ1n) is 6.43. The summed E-state index contributed by atoms with van der Waals surface area (Å²) in [6, 6.07) is 2.59. The number of rotatable bonds is 3. The summed E-state index contributed by atoms with van der Waals surface area (Å²) >= 11 is 1.76. The highest BCUT2D eigenvalue weighted by atomic mass is 32.1. The molecule has 1 fully saturated rings. The third-order valence-electron chi connectivity index (χ3n) is 4.09. The molecule has 17 heavy (non-hydrogen) atoms. The van der Waals surface area contributed by atoms with Crippen LogP contribution in [0.4, 0.5) is 0 Å². The third kappa shape index (κ3) is 2.52. The molecule has 0 amide bonds. The lowest BCUT2D eigenvalue weighted by Crippen LogP contribution is -2.17. The maximum atomic E-state index is 9.49. The second-order valence-corrected chi connectivity index (χ2v) is 6.62. The zero-order valence-electron chi connectivity index (χ0n) is 10.9. The normalized spacial score (nSPS) is 28.2. The lowest BCUT2D eigenvalue weighted by molar-refractivity contribution is 0.380. The average Bonchev–Trinajstić information content (AvgIpc) is 2.85. The average molecular weight is 248 g/mol. The highest BCUT2D eigenvalue weighted by Gasteiger charge is 2.39. The van der Waals surface area contributed by atoms with E-state index < -0.39 is 0 Å². The van der Waals surface area contributed by atoms with Gasteiger partial charge in [-0.05, 0) is 39.0 Å². The van der Waals surface area contributed by atoms with Crippen LogP contribution in [0.1, 0.15) is 48.2 Å². The van der Waals surface area contributed by atoms with E-state index in [1.165, 1.54) is 17.7 Å². The number of aryl methyl sites for hydroxylation is 2. The van der Waals surface area contributed by atoms with E-state index in [-0.39, 0.29) is 5.41 Å². The summed E-state index contributed by atoms with van der Waals surface area (Å²) in [5, 5.41) is 10.6. The fourth-order valence-corrected chi connectivity index (χ4v) is 3.87. The van der Waals surface area contributed by atoms with Crippen LogP contribution in [0.15, 0.2) is 0 Å². The number of nitriles is 1. The molecule has 92 valence electrons. The van der Waals surface area contributed by atoms with Crippen molar-refractivity contribution in [1.29, 1.82) is 5.26 Å². The van der Waals surface area contributed by atoms with E-state index in [1.807, 2.05) is 0 Å². The van der Waals surface area contributed by atoms with Crippen molar-refractivity contribution >= 4 is 11.3 Å². The van der Waals surface area contributed by atoms with Crippen LogP contribution in [0.5, 0.6) is 0 Å². The van der Waals surface area contributed by atoms with Crippen LogP contribution in [0.25, 0.3) is 0 Å². The first kappa shape index (κ1) is 12.6. The van der Waals surface area contributed by atoms with Gasteiger partial charge in [-0.2, -0.15) is 5.26 Å². The lowest BCUT2D eigenvalue weighted by atomic mass is 9.83. The van der Waals surface area contributed by atoms with Crippen LogP contribution in [0.2, 0.25) is 0 Å². The Kier molecular flexibility index (Phi) is 3.53. The van der Waals surface area contributed by atoms with Crippen LogP contribution in [0.3, 0.4) is 0 Å². The van der Waals surface area contributed by atoms with Crippen molar-refractivity contribution in [3.63, 3.8) is 0 Å². The van der Waals surface area contributed by atoms with E-state index >= 15 is 0 Å². The molecule has 0 aromatic carbocycles. The minimum Gasteiger partial charge on any atom is -0.246 e. The molecular weight excluding hydrogens is 228 g/mol. The van der Waals surface area contributed by atoms with Crippen molar-refractivity contribution in [2.24, 2.45) is 11.3 Å². The maximum absolute atomic E-state index is 9.49. The molecular formula is C14H20N2S. The number of hydrogen-bond donors (Lipinski definition) is 0. The van der Waals surface area contributed by atoms with Crippen molar-refractivity contribution in [1.82, 2.24) is 4.98 Å². The summed E-state index contributed by atoms with van der Waals surface area (Å²) in [6.45, 7) is 6.40. The largest absolute Gasteiger partial charge is 0.246 e. The van der Waals surface area contributed by atoms with Gasteiger partial charge in [0.15, 0.2) is 0 Å². The molecule has 0 aliphatic heterocycles. The van der Waals surface area contributed by atoms with E-state index in [1.54, 1.807) is 11.3 Å². The summed E-state index contributed by atoms with van der Waals surface area (Å²) in [4.78, 5) is 5.87. The van der Waals surface area contributed by atoms with Crippen LogP contribution in [-0.4, -0.2) is 4.98 Å². The van der Waals surface area contributed by atoms with Gasteiger partial charge in [0.1, 0.15) is 0 Å². The van der Waals surface area contributed by atoms with Crippen molar-refractivity contribution in [2.45, 2.75) is 52.9 Å². The van der Waals surface area contributed by atoms with Crippen LogP contribution in [-0.2, 0) is 6.42 Å². The molecule has 0 radical (unpaired) electrons. The van der Waals surface area contributed by atoms with Crippen molar-refractivity contribution in [3.05, 3.63) is 15.6 Å². The van der Waals surface area contributed by atoms with Gasteiger partial charge in [0.2, 0.25) is 0 Å². The minimum absolute atomic E-state index is 0.128. The molecule has 1 aliphatic carbocycles. The molecule has 0 saturated heterocycles. The third-order valence-corrected chi connectivity index (χ3v) is 5.16. The number of hydrogen-bond acceptors (Lipinski definition) is 3. The Morgan fingerprint density at radius 2 is 2.29 bits per heavy atom. The van der Waals surface area contributed by atoms with Crippen LogP contribution in [0, 0.1) is 36.5 Å². The number of nitrogens with zero attached hydrogens (tertiary/aromatic N) is 2. The summed E-state index contributed by atoms with van der Waals surface area (Å²) in [6.07, 6.45) is 5.41. The zero-order valence-corrected chi connectivity index (χ0v) is 11.7.